The zero-order valence-corrected chi connectivity index (χ0v) is 12.4. The summed E-state index contributed by atoms with van der Waals surface area (Å²) in [4.78, 5) is 25.6. The number of carbonyl (C=O) groups excluding carboxylic acids is 2. The molecule has 2 N–H and O–H groups in total. The molecule has 2 aromatic rings. The van der Waals surface area contributed by atoms with Crippen LogP contribution in [-0.2, 0) is 6.54 Å². The summed E-state index contributed by atoms with van der Waals surface area (Å²) in [6.45, 7) is -0.00801. The second kappa shape index (κ2) is 4.96. The molecule has 0 fully saturated rings. The third kappa shape index (κ3) is 2.42. The van der Waals surface area contributed by atoms with E-state index < -0.39 is 5.82 Å². The van der Waals surface area contributed by atoms with Gasteiger partial charge in [0, 0.05) is 10.2 Å². The van der Waals surface area contributed by atoms with Gasteiger partial charge in [-0.25, -0.2) is 4.39 Å². The van der Waals surface area contributed by atoms with E-state index in [2.05, 4.69) is 15.9 Å². The van der Waals surface area contributed by atoms with E-state index in [-0.39, 0.29) is 24.0 Å². The standard InChI is InChI=1S/C15H10BrFN2O2/c16-9-1-2-12-13(5-9)15(21)19(14(12)20)7-8-3-10(17)6-11(18)4-8/h1-6H,7,18H2. The Balaban J connectivity index is 1.95. The summed E-state index contributed by atoms with van der Waals surface area (Å²) in [6.07, 6.45) is 0. The molecule has 106 valence electrons. The molecule has 4 nitrogen and oxygen atoms in total. The smallest absolute Gasteiger partial charge is 0.261 e. The molecule has 1 aliphatic rings. The van der Waals surface area contributed by atoms with Gasteiger partial charge in [-0.15, -0.1) is 0 Å². The molecule has 0 radical (unpaired) electrons. The Morgan fingerprint density at radius 1 is 1.05 bits per heavy atom. The Labute approximate surface area is 128 Å². The first kappa shape index (κ1) is 13.8. The number of imide groups is 1. The molecule has 0 bridgehead atoms. The van der Waals surface area contributed by atoms with E-state index in [0.717, 1.165) is 9.37 Å². The Morgan fingerprint density at radius 2 is 1.76 bits per heavy atom. The minimum absolute atomic E-state index is 0.00801. The molecule has 3 rings (SSSR count). The SMILES string of the molecule is Nc1cc(F)cc(CN2C(=O)c3ccc(Br)cc3C2=O)c1. The third-order valence-electron chi connectivity index (χ3n) is 3.25. The van der Waals surface area contributed by atoms with Crippen molar-refractivity contribution in [2.24, 2.45) is 0 Å². The number of halogens is 2. The lowest BCUT2D eigenvalue weighted by Gasteiger charge is -2.14. The van der Waals surface area contributed by atoms with Gasteiger partial charge in [-0.3, -0.25) is 14.5 Å². The monoisotopic (exact) mass is 348 g/mol. The summed E-state index contributed by atoms with van der Waals surface area (Å²) in [7, 11) is 0. The van der Waals surface area contributed by atoms with Crippen LogP contribution >= 0.6 is 15.9 Å². The number of anilines is 1. The first-order chi connectivity index (χ1) is 9.95. The molecule has 6 heteroatoms. The van der Waals surface area contributed by atoms with Gasteiger partial charge in [0.25, 0.3) is 11.8 Å². The number of hydrogen-bond acceptors (Lipinski definition) is 3. The summed E-state index contributed by atoms with van der Waals surface area (Å²) in [5.74, 6) is -1.27. The molecule has 0 atom stereocenters. The Hall–Kier alpha value is -2.21. The maximum atomic E-state index is 13.3. The van der Waals surface area contributed by atoms with E-state index in [1.807, 2.05) is 0 Å². The zero-order valence-electron chi connectivity index (χ0n) is 10.8. The zero-order chi connectivity index (χ0) is 15.1. The van der Waals surface area contributed by atoms with Gasteiger partial charge in [-0.2, -0.15) is 0 Å². The molecule has 1 aliphatic heterocycles. The van der Waals surface area contributed by atoms with Crippen LogP contribution < -0.4 is 5.73 Å². The Bertz CT molecular complexity index is 756. The van der Waals surface area contributed by atoms with E-state index in [1.54, 1.807) is 24.3 Å². The summed E-state index contributed by atoms with van der Waals surface area (Å²) in [5, 5.41) is 0. The summed E-state index contributed by atoms with van der Waals surface area (Å²) in [5.41, 5.74) is 7.00. The van der Waals surface area contributed by atoms with Gasteiger partial charge in [0.1, 0.15) is 5.82 Å². The second-order valence-corrected chi connectivity index (χ2v) is 5.69. The van der Waals surface area contributed by atoms with Gasteiger partial charge >= 0.3 is 0 Å². The maximum absolute atomic E-state index is 13.3. The summed E-state index contributed by atoms with van der Waals surface area (Å²) in [6, 6.07) is 8.89. The van der Waals surface area contributed by atoms with Crippen molar-refractivity contribution in [2.75, 3.05) is 5.73 Å². The van der Waals surface area contributed by atoms with Crippen LogP contribution in [0.15, 0.2) is 40.9 Å². The van der Waals surface area contributed by atoms with E-state index in [0.29, 0.717) is 16.7 Å². The van der Waals surface area contributed by atoms with Gasteiger partial charge in [0.2, 0.25) is 0 Å². The molecule has 21 heavy (non-hydrogen) atoms. The first-order valence-electron chi connectivity index (χ1n) is 6.16. The Morgan fingerprint density at radius 3 is 2.48 bits per heavy atom. The highest BCUT2D eigenvalue weighted by Crippen LogP contribution is 2.27. The molecular formula is C15H10BrFN2O2. The third-order valence-corrected chi connectivity index (χ3v) is 3.75. The molecular weight excluding hydrogens is 339 g/mol. The van der Waals surface area contributed by atoms with Crippen LogP contribution in [0, 0.1) is 5.82 Å². The fraction of sp³-hybridized carbons (Fsp3) is 0.0667. The lowest BCUT2D eigenvalue weighted by Crippen LogP contribution is -2.29. The predicted octanol–water partition coefficient (Wildman–Crippen LogP) is 2.97. The lowest BCUT2D eigenvalue weighted by atomic mass is 10.1. The van der Waals surface area contributed by atoms with E-state index in [9.17, 15) is 14.0 Å². The predicted molar refractivity (Wildman–Crippen MR) is 79.2 cm³/mol. The molecule has 0 aliphatic carbocycles. The number of rotatable bonds is 2. The van der Waals surface area contributed by atoms with Crippen LogP contribution in [0.25, 0.3) is 0 Å². The van der Waals surface area contributed by atoms with E-state index in [4.69, 9.17) is 5.73 Å². The van der Waals surface area contributed by atoms with E-state index in [1.165, 1.54) is 12.1 Å². The van der Waals surface area contributed by atoms with Gasteiger partial charge in [0.05, 0.1) is 17.7 Å². The highest BCUT2D eigenvalue weighted by molar-refractivity contribution is 9.10. The van der Waals surface area contributed by atoms with Gasteiger partial charge in [0.15, 0.2) is 0 Å². The van der Waals surface area contributed by atoms with Crippen molar-refractivity contribution in [3.63, 3.8) is 0 Å². The van der Waals surface area contributed by atoms with Crippen LogP contribution in [-0.4, -0.2) is 16.7 Å². The van der Waals surface area contributed by atoms with Crippen molar-refractivity contribution in [1.29, 1.82) is 0 Å². The number of nitrogen functional groups attached to an aromatic ring is 1. The fourth-order valence-corrected chi connectivity index (χ4v) is 2.72. The van der Waals surface area contributed by atoms with Crippen LogP contribution in [0.4, 0.5) is 10.1 Å². The van der Waals surface area contributed by atoms with Crippen molar-refractivity contribution < 1.29 is 14.0 Å². The quantitative estimate of drug-likeness (QED) is 0.670. The van der Waals surface area contributed by atoms with Crippen molar-refractivity contribution in [2.45, 2.75) is 6.54 Å². The highest BCUT2D eigenvalue weighted by Gasteiger charge is 2.35. The summed E-state index contributed by atoms with van der Waals surface area (Å²) < 4.78 is 14.1. The molecule has 0 saturated carbocycles. The molecule has 2 amide bonds. The van der Waals surface area contributed by atoms with Crippen LogP contribution in [0.2, 0.25) is 0 Å². The number of carbonyl (C=O) groups is 2. The maximum Gasteiger partial charge on any atom is 0.261 e. The molecule has 0 saturated heterocycles. The van der Waals surface area contributed by atoms with Crippen LogP contribution in [0.3, 0.4) is 0 Å². The molecule has 0 unspecified atom stereocenters. The minimum Gasteiger partial charge on any atom is -0.399 e. The normalized spacial score (nSPS) is 13.7. The largest absolute Gasteiger partial charge is 0.399 e. The number of benzene rings is 2. The topological polar surface area (TPSA) is 63.4 Å². The van der Waals surface area contributed by atoms with Gasteiger partial charge < -0.3 is 5.73 Å². The fourth-order valence-electron chi connectivity index (χ4n) is 2.36. The van der Waals surface area contributed by atoms with Crippen molar-refractivity contribution in [3.8, 4) is 0 Å². The molecule has 1 heterocycles. The average Bonchev–Trinajstić information content (AvgIpc) is 2.62. The van der Waals surface area contributed by atoms with Crippen molar-refractivity contribution in [1.82, 2.24) is 4.90 Å². The highest BCUT2D eigenvalue weighted by atomic mass is 79.9. The molecule has 0 aromatic heterocycles. The van der Waals surface area contributed by atoms with Crippen LogP contribution in [0.1, 0.15) is 26.3 Å². The second-order valence-electron chi connectivity index (χ2n) is 4.78. The summed E-state index contributed by atoms with van der Waals surface area (Å²) >= 11 is 3.27. The molecule has 0 spiro atoms. The van der Waals surface area contributed by atoms with Gasteiger partial charge in [-0.1, -0.05) is 15.9 Å². The first-order valence-corrected chi connectivity index (χ1v) is 6.95. The minimum atomic E-state index is -0.496. The Kier molecular flexibility index (Phi) is 3.25. The van der Waals surface area contributed by atoms with Crippen molar-refractivity contribution in [3.05, 3.63) is 63.4 Å². The number of nitrogens with zero attached hydrogens (tertiary/aromatic N) is 1. The number of hydrogen-bond donors (Lipinski definition) is 1. The van der Waals surface area contributed by atoms with E-state index >= 15 is 0 Å². The average molecular weight is 349 g/mol. The van der Waals surface area contributed by atoms with Gasteiger partial charge in [-0.05, 0) is 42.0 Å². The molecule has 2 aromatic carbocycles. The number of nitrogens with two attached hydrogens (primary N) is 1. The lowest BCUT2D eigenvalue weighted by molar-refractivity contribution is 0.0642. The number of amides is 2. The van der Waals surface area contributed by atoms with Crippen LogP contribution in [0.5, 0.6) is 0 Å². The number of fused-ring (bicyclic) bond motifs is 1. The van der Waals surface area contributed by atoms with Crippen molar-refractivity contribution >= 4 is 33.4 Å².